The highest BCUT2D eigenvalue weighted by atomic mass is 35.5. The van der Waals surface area contributed by atoms with Crippen molar-refractivity contribution in [3.63, 3.8) is 0 Å². The molecule has 8 heteroatoms. The van der Waals surface area contributed by atoms with Crippen LogP contribution in [0.2, 0.25) is 5.02 Å². The molecule has 2 heterocycles. The van der Waals surface area contributed by atoms with Gasteiger partial charge in [-0.05, 0) is 47.5 Å². The first-order chi connectivity index (χ1) is 16.0. The van der Waals surface area contributed by atoms with Gasteiger partial charge in [-0.2, -0.15) is 0 Å². The average molecular weight is 463 g/mol. The van der Waals surface area contributed by atoms with Crippen LogP contribution in [-0.2, 0) is 13.1 Å². The van der Waals surface area contributed by atoms with Gasteiger partial charge in [0.2, 0.25) is 6.79 Å². The summed E-state index contributed by atoms with van der Waals surface area (Å²) < 4.78 is 13.2. The summed E-state index contributed by atoms with van der Waals surface area (Å²) in [6, 6.07) is 17.6. The molecular formula is C25H19ClN2O5. The number of carboxylic acids is 1. The number of nitrogens with one attached hydrogen (secondary N) is 1. The highest BCUT2D eigenvalue weighted by Gasteiger charge is 2.25. The summed E-state index contributed by atoms with van der Waals surface area (Å²) in [7, 11) is 0. The van der Waals surface area contributed by atoms with Gasteiger partial charge in [-0.1, -0.05) is 35.9 Å². The lowest BCUT2D eigenvalue weighted by atomic mass is 10.1. The minimum absolute atomic E-state index is 0.102. The summed E-state index contributed by atoms with van der Waals surface area (Å²) in [6.45, 7) is 0.884. The molecule has 2 N–H and O–H groups in total. The number of amides is 1. The Morgan fingerprint density at radius 2 is 1.85 bits per heavy atom. The molecule has 5 rings (SSSR count). The number of carboxylic acid groups (broad SMARTS) is 1. The minimum Gasteiger partial charge on any atom is -0.478 e. The van der Waals surface area contributed by atoms with E-state index in [2.05, 4.69) is 5.32 Å². The molecule has 0 spiro atoms. The van der Waals surface area contributed by atoms with E-state index in [-0.39, 0.29) is 24.8 Å². The van der Waals surface area contributed by atoms with E-state index in [0.29, 0.717) is 28.6 Å². The zero-order valence-corrected chi connectivity index (χ0v) is 18.1. The molecule has 0 aliphatic carbocycles. The van der Waals surface area contributed by atoms with Crippen LogP contribution in [0.4, 0.5) is 0 Å². The van der Waals surface area contributed by atoms with Crippen molar-refractivity contribution in [2.75, 3.05) is 6.79 Å². The fourth-order valence-electron chi connectivity index (χ4n) is 3.94. The number of fused-ring (bicyclic) bond motifs is 3. The van der Waals surface area contributed by atoms with E-state index >= 15 is 0 Å². The van der Waals surface area contributed by atoms with Crippen LogP contribution in [0.5, 0.6) is 11.5 Å². The third kappa shape index (κ3) is 4.10. The van der Waals surface area contributed by atoms with Crippen molar-refractivity contribution in [1.82, 2.24) is 9.88 Å². The Balaban J connectivity index is 1.47. The average Bonchev–Trinajstić information content (AvgIpc) is 3.44. The van der Waals surface area contributed by atoms with Crippen LogP contribution in [0.15, 0.2) is 66.9 Å². The molecule has 0 saturated heterocycles. The number of carbonyl (C=O) groups is 2. The summed E-state index contributed by atoms with van der Waals surface area (Å²) in [6.07, 6.45) is 1.91. The van der Waals surface area contributed by atoms with Crippen LogP contribution >= 0.6 is 11.6 Å². The maximum Gasteiger partial charge on any atom is 0.335 e. The van der Waals surface area contributed by atoms with Crippen LogP contribution in [0.25, 0.3) is 10.9 Å². The van der Waals surface area contributed by atoms with E-state index in [0.717, 1.165) is 22.0 Å². The van der Waals surface area contributed by atoms with Crippen molar-refractivity contribution in [2.24, 2.45) is 0 Å². The van der Waals surface area contributed by atoms with E-state index < -0.39 is 5.97 Å². The van der Waals surface area contributed by atoms with E-state index in [1.807, 2.05) is 41.1 Å². The molecule has 7 nitrogen and oxygen atoms in total. The number of halogens is 1. The Morgan fingerprint density at radius 3 is 2.61 bits per heavy atom. The lowest BCUT2D eigenvalue weighted by Gasteiger charge is -2.12. The Labute approximate surface area is 194 Å². The van der Waals surface area contributed by atoms with E-state index in [1.54, 1.807) is 18.2 Å². The maximum absolute atomic E-state index is 13.2. The largest absolute Gasteiger partial charge is 0.478 e. The lowest BCUT2D eigenvalue weighted by Crippen LogP contribution is -2.23. The quantitative estimate of drug-likeness (QED) is 0.433. The molecule has 1 aliphatic rings. The molecular weight excluding hydrogens is 444 g/mol. The maximum atomic E-state index is 13.2. The summed E-state index contributed by atoms with van der Waals surface area (Å²) in [5, 5.41) is 13.4. The highest BCUT2D eigenvalue weighted by Crippen LogP contribution is 2.42. The molecule has 0 unspecified atom stereocenters. The monoisotopic (exact) mass is 462 g/mol. The first kappa shape index (κ1) is 20.9. The molecule has 4 aromatic rings. The zero-order chi connectivity index (χ0) is 22.9. The van der Waals surface area contributed by atoms with Gasteiger partial charge >= 0.3 is 5.97 Å². The predicted octanol–water partition coefficient (Wildman–Crippen LogP) is 4.70. The molecule has 0 bridgehead atoms. The molecule has 0 atom stereocenters. The highest BCUT2D eigenvalue weighted by molar-refractivity contribution is 6.30. The number of hydrogen-bond donors (Lipinski definition) is 2. The van der Waals surface area contributed by atoms with Crippen LogP contribution in [-0.4, -0.2) is 28.3 Å². The van der Waals surface area contributed by atoms with Crippen LogP contribution in [0.1, 0.15) is 31.8 Å². The van der Waals surface area contributed by atoms with E-state index in [4.69, 9.17) is 26.2 Å². The summed E-state index contributed by atoms with van der Waals surface area (Å²) in [4.78, 5) is 24.3. The number of carbonyl (C=O) groups excluding carboxylic acids is 1. The van der Waals surface area contributed by atoms with E-state index in [1.165, 1.54) is 12.1 Å². The number of aromatic carboxylic acids is 1. The molecule has 33 heavy (non-hydrogen) atoms. The number of hydrogen-bond acceptors (Lipinski definition) is 4. The van der Waals surface area contributed by atoms with Gasteiger partial charge in [-0.25, -0.2) is 4.79 Å². The van der Waals surface area contributed by atoms with Crippen molar-refractivity contribution in [2.45, 2.75) is 13.1 Å². The Bertz CT molecular complexity index is 1380. The van der Waals surface area contributed by atoms with Gasteiger partial charge in [0.25, 0.3) is 5.91 Å². The molecule has 0 saturated carbocycles. The summed E-state index contributed by atoms with van der Waals surface area (Å²) in [5.74, 6) is -0.116. The summed E-state index contributed by atoms with van der Waals surface area (Å²) >= 11 is 6.15. The Kier molecular flexibility index (Phi) is 5.40. The third-order valence-corrected chi connectivity index (χ3v) is 5.76. The molecule has 166 valence electrons. The fraction of sp³-hybridized carbons (Fsp3) is 0.120. The predicted molar refractivity (Wildman–Crippen MR) is 123 cm³/mol. The Hall–Kier alpha value is -3.97. The van der Waals surface area contributed by atoms with Crippen molar-refractivity contribution in [3.8, 4) is 11.5 Å². The van der Waals surface area contributed by atoms with Crippen molar-refractivity contribution < 1.29 is 24.2 Å². The fourth-order valence-corrected chi connectivity index (χ4v) is 4.15. The number of nitrogens with zero attached hydrogens (tertiary/aromatic N) is 1. The molecule has 1 aromatic heterocycles. The van der Waals surface area contributed by atoms with Crippen molar-refractivity contribution in [3.05, 3.63) is 94.1 Å². The smallest absolute Gasteiger partial charge is 0.335 e. The standard InChI is InChI=1S/C25H19ClN2O5/c26-18-3-1-2-16(10-18)13-28-9-8-19-22(28)20(11-21-23(19)33-14-32-21)24(29)27-12-15-4-6-17(7-5-15)25(30)31/h1-11H,12-14H2,(H,27,29)(H,30,31). The molecule has 0 radical (unpaired) electrons. The second kappa shape index (κ2) is 8.52. The van der Waals surface area contributed by atoms with Gasteiger partial charge in [0.1, 0.15) is 0 Å². The summed E-state index contributed by atoms with van der Waals surface area (Å²) in [5.41, 5.74) is 3.19. The normalized spacial score (nSPS) is 12.2. The molecule has 1 aliphatic heterocycles. The molecule has 1 amide bonds. The minimum atomic E-state index is -0.992. The van der Waals surface area contributed by atoms with Gasteiger partial charge in [-0.3, -0.25) is 4.79 Å². The number of aromatic nitrogens is 1. The number of rotatable bonds is 6. The topological polar surface area (TPSA) is 89.8 Å². The van der Waals surface area contributed by atoms with Crippen molar-refractivity contribution >= 4 is 34.4 Å². The molecule has 3 aromatic carbocycles. The van der Waals surface area contributed by atoms with Gasteiger partial charge in [0.15, 0.2) is 11.5 Å². The van der Waals surface area contributed by atoms with E-state index in [9.17, 15) is 9.59 Å². The second-order valence-corrected chi connectivity index (χ2v) is 8.11. The van der Waals surface area contributed by atoms with Gasteiger partial charge in [0, 0.05) is 29.7 Å². The second-order valence-electron chi connectivity index (χ2n) is 7.68. The van der Waals surface area contributed by atoms with Crippen LogP contribution in [0, 0.1) is 0 Å². The molecule has 0 fully saturated rings. The van der Waals surface area contributed by atoms with Gasteiger partial charge < -0.3 is 24.5 Å². The van der Waals surface area contributed by atoms with Crippen LogP contribution in [0.3, 0.4) is 0 Å². The van der Waals surface area contributed by atoms with Gasteiger partial charge in [-0.15, -0.1) is 0 Å². The first-order valence-electron chi connectivity index (χ1n) is 10.3. The first-order valence-corrected chi connectivity index (χ1v) is 10.6. The Morgan fingerprint density at radius 1 is 1.03 bits per heavy atom. The third-order valence-electron chi connectivity index (χ3n) is 5.52. The SMILES string of the molecule is O=C(O)c1ccc(CNC(=O)c2cc3c(c4ccn(Cc5cccc(Cl)c5)c24)OCO3)cc1. The number of ether oxygens (including phenoxy) is 2. The van der Waals surface area contributed by atoms with Crippen molar-refractivity contribution in [1.29, 1.82) is 0 Å². The number of benzene rings is 3. The zero-order valence-electron chi connectivity index (χ0n) is 17.4. The lowest BCUT2D eigenvalue weighted by molar-refractivity contribution is 0.0696. The van der Waals surface area contributed by atoms with Crippen LogP contribution < -0.4 is 14.8 Å². The van der Waals surface area contributed by atoms with Gasteiger partial charge in [0.05, 0.1) is 16.6 Å².